The van der Waals surface area contributed by atoms with Gasteiger partial charge in [0.05, 0.1) is 17.8 Å². The summed E-state index contributed by atoms with van der Waals surface area (Å²) in [6, 6.07) is 2.70. The fourth-order valence-corrected chi connectivity index (χ4v) is 3.08. The van der Waals surface area contributed by atoms with Crippen LogP contribution in [0.15, 0.2) is 17.0 Å². The van der Waals surface area contributed by atoms with Crippen LogP contribution in [0.2, 0.25) is 5.02 Å². The highest BCUT2D eigenvalue weighted by Crippen LogP contribution is 2.31. The van der Waals surface area contributed by atoms with Crippen LogP contribution in [0.1, 0.15) is 6.42 Å². The monoisotopic (exact) mass is 321 g/mol. The highest BCUT2D eigenvalue weighted by molar-refractivity contribution is 7.89. The lowest BCUT2D eigenvalue weighted by molar-refractivity contribution is 0.397. The van der Waals surface area contributed by atoms with Crippen molar-refractivity contribution in [3.05, 3.63) is 17.2 Å². The zero-order valence-electron chi connectivity index (χ0n) is 11.8. The first-order valence-corrected chi connectivity index (χ1v) is 7.91. The maximum absolute atomic E-state index is 12.2. The number of anilines is 1. The van der Waals surface area contributed by atoms with Crippen molar-refractivity contribution in [1.82, 2.24) is 9.62 Å². The number of halogens is 1. The fourth-order valence-electron chi connectivity index (χ4n) is 1.60. The van der Waals surface area contributed by atoms with Gasteiger partial charge in [0.2, 0.25) is 10.0 Å². The highest BCUT2D eigenvalue weighted by atomic mass is 35.5. The molecule has 0 aliphatic rings. The van der Waals surface area contributed by atoms with E-state index in [1.807, 2.05) is 19.0 Å². The largest absolute Gasteiger partial charge is 0.495 e. The normalized spacial score (nSPS) is 11.8. The summed E-state index contributed by atoms with van der Waals surface area (Å²) >= 11 is 5.87. The Morgan fingerprint density at radius 3 is 2.60 bits per heavy atom. The average molecular weight is 322 g/mol. The molecule has 8 heteroatoms. The second-order valence-corrected chi connectivity index (χ2v) is 6.72. The van der Waals surface area contributed by atoms with E-state index in [1.165, 1.54) is 19.2 Å². The topological polar surface area (TPSA) is 84.7 Å². The van der Waals surface area contributed by atoms with Crippen LogP contribution in [-0.2, 0) is 10.0 Å². The van der Waals surface area contributed by atoms with E-state index in [-0.39, 0.29) is 21.4 Å². The lowest BCUT2D eigenvalue weighted by Gasteiger charge is -2.13. The molecular formula is C12H20ClN3O3S. The van der Waals surface area contributed by atoms with Gasteiger partial charge >= 0.3 is 0 Å². The Morgan fingerprint density at radius 1 is 1.40 bits per heavy atom. The second-order valence-electron chi connectivity index (χ2n) is 4.58. The lowest BCUT2D eigenvalue weighted by Crippen LogP contribution is -2.27. The van der Waals surface area contributed by atoms with Crippen molar-refractivity contribution < 1.29 is 13.2 Å². The standard InChI is InChI=1S/C12H20ClN3O3S/c1-16(2)6-4-5-15-20(17,18)12-7-9(13)10(14)8-11(12)19-3/h7-8,15H,4-6,14H2,1-3H3. The molecule has 0 saturated heterocycles. The van der Waals surface area contributed by atoms with Crippen molar-refractivity contribution in [2.75, 3.05) is 40.0 Å². The summed E-state index contributed by atoms with van der Waals surface area (Å²) in [5, 5.41) is 0.180. The van der Waals surface area contributed by atoms with Crippen molar-refractivity contribution in [3.63, 3.8) is 0 Å². The third-order valence-corrected chi connectivity index (χ3v) is 4.46. The van der Waals surface area contributed by atoms with Gasteiger partial charge in [-0.05, 0) is 33.1 Å². The number of sulfonamides is 1. The van der Waals surface area contributed by atoms with Crippen molar-refractivity contribution in [1.29, 1.82) is 0 Å². The van der Waals surface area contributed by atoms with Crippen LogP contribution in [0.25, 0.3) is 0 Å². The average Bonchev–Trinajstić information content (AvgIpc) is 2.37. The summed E-state index contributed by atoms with van der Waals surface area (Å²) in [6.07, 6.45) is 0.706. The molecule has 0 aromatic heterocycles. The first-order chi connectivity index (χ1) is 9.27. The molecule has 0 saturated carbocycles. The molecule has 3 N–H and O–H groups in total. The number of ether oxygens (including phenoxy) is 1. The van der Waals surface area contributed by atoms with Crippen molar-refractivity contribution in [3.8, 4) is 5.75 Å². The number of hydrogen-bond donors (Lipinski definition) is 2. The summed E-state index contributed by atoms with van der Waals surface area (Å²) in [5.41, 5.74) is 5.90. The van der Waals surface area contributed by atoms with E-state index in [4.69, 9.17) is 22.1 Å². The third kappa shape index (κ3) is 4.52. The smallest absolute Gasteiger partial charge is 0.244 e. The summed E-state index contributed by atoms with van der Waals surface area (Å²) < 4.78 is 32.0. The van der Waals surface area contributed by atoms with Gasteiger partial charge in [0, 0.05) is 12.6 Å². The molecule has 0 unspecified atom stereocenters. The quantitative estimate of drug-likeness (QED) is 0.581. The lowest BCUT2D eigenvalue weighted by atomic mass is 10.3. The summed E-state index contributed by atoms with van der Waals surface area (Å²) in [5.74, 6) is 0.173. The minimum absolute atomic E-state index is 0.0101. The zero-order valence-corrected chi connectivity index (χ0v) is 13.4. The van der Waals surface area contributed by atoms with E-state index in [1.54, 1.807) is 0 Å². The molecule has 6 nitrogen and oxygen atoms in total. The Bertz CT molecular complexity index is 561. The van der Waals surface area contributed by atoms with Crippen molar-refractivity contribution >= 4 is 27.3 Å². The van der Waals surface area contributed by atoms with Gasteiger partial charge in [-0.3, -0.25) is 0 Å². The molecule has 1 rings (SSSR count). The number of nitrogens with two attached hydrogens (primary N) is 1. The second kappa shape index (κ2) is 7.12. The molecule has 0 fully saturated rings. The van der Waals surface area contributed by atoms with Gasteiger partial charge in [-0.15, -0.1) is 0 Å². The van der Waals surface area contributed by atoms with Gasteiger partial charge in [-0.25, -0.2) is 13.1 Å². The van der Waals surface area contributed by atoms with Crippen molar-refractivity contribution in [2.45, 2.75) is 11.3 Å². The molecule has 20 heavy (non-hydrogen) atoms. The number of nitrogens with zero attached hydrogens (tertiary/aromatic N) is 1. The van der Waals surface area contributed by atoms with Crippen LogP contribution in [0, 0.1) is 0 Å². The number of nitrogen functional groups attached to an aromatic ring is 1. The van der Waals surface area contributed by atoms with Crippen LogP contribution in [0.4, 0.5) is 5.69 Å². The van der Waals surface area contributed by atoms with E-state index < -0.39 is 10.0 Å². The van der Waals surface area contributed by atoms with E-state index in [0.29, 0.717) is 13.0 Å². The third-order valence-electron chi connectivity index (χ3n) is 2.65. The minimum Gasteiger partial charge on any atom is -0.495 e. The van der Waals surface area contributed by atoms with E-state index in [2.05, 4.69) is 4.72 Å². The summed E-state index contributed by atoms with van der Waals surface area (Å²) in [6.45, 7) is 1.13. The molecule has 0 heterocycles. The predicted octanol–water partition coefficient (Wildman–Crippen LogP) is 1.16. The predicted molar refractivity (Wildman–Crippen MR) is 80.8 cm³/mol. The Labute approximate surface area is 124 Å². The zero-order chi connectivity index (χ0) is 15.3. The van der Waals surface area contributed by atoms with E-state index in [0.717, 1.165) is 6.54 Å². The van der Waals surface area contributed by atoms with Gasteiger partial charge in [0.1, 0.15) is 10.6 Å². The highest BCUT2D eigenvalue weighted by Gasteiger charge is 2.20. The molecule has 0 aliphatic heterocycles. The van der Waals surface area contributed by atoms with Gasteiger partial charge in [-0.2, -0.15) is 0 Å². The van der Waals surface area contributed by atoms with Gasteiger partial charge in [0.25, 0.3) is 0 Å². The molecule has 0 bridgehead atoms. The fraction of sp³-hybridized carbons (Fsp3) is 0.500. The van der Waals surface area contributed by atoms with Crippen LogP contribution in [0.3, 0.4) is 0 Å². The first kappa shape index (κ1) is 17.0. The Morgan fingerprint density at radius 2 is 2.05 bits per heavy atom. The van der Waals surface area contributed by atoms with Crippen LogP contribution < -0.4 is 15.2 Å². The SMILES string of the molecule is COc1cc(N)c(Cl)cc1S(=O)(=O)NCCCN(C)C. The Hall–Kier alpha value is -1.02. The van der Waals surface area contributed by atoms with Crippen LogP contribution in [-0.4, -0.2) is 47.6 Å². The summed E-state index contributed by atoms with van der Waals surface area (Å²) in [7, 11) is 1.56. The number of hydrogen-bond acceptors (Lipinski definition) is 5. The number of benzene rings is 1. The molecular weight excluding hydrogens is 302 g/mol. The maximum atomic E-state index is 12.2. The minimum atomic E-state index is -3.67. The number of methoxy groups -OCH3 is 1. The number of rotatable bonds is 7. The molecule has 1 aromatic rings. The summed E-state index contributed by atoms with van der Waals surface area (Å²) in [4.78, 5) is 1.97. The molecule has 1 aromatic carbocycles. The molecule has 0 amide bonds. The van der Waals surface area contributed by atoms with Crippen LogP contribution in [0.5, 0.6) is 5.75 Å². The molecule has 0 atom stereocenters. The van der Waals surface area contributed by atoms with E-state index >= 15 is 0 Å². The molecule has 0 radical (unpaired) electrons. The molecule has 0 aliphatic carbocycles. The number of nitrogens with one attached hydrogen (secondary N) is 1. The van der Waals surface area contributed by atoms with E-state index in [9.17, 15) is 8.42 Å². The van der Waals surface area contributed by atoms with Gasteiger partial charge in [0.15, 0.2) is 0 Å². The van der Waals surface area contributed by atoms with Gasteiger partial charge < -0.3 is 15.4 Å². The maximum Gasteiger partial charge on any atom is 0.244 e. The van der Waals surface area contributed by atoms with Crippen molar-refractivity contribution in [2.24, 2.45) is 0 Å². The molecule has 114 valence electrons. The Balaban J connectivity index is 2.89. The van der Waals surface area contributed by atoms with Crippen LogP contribution >= 0.6 is 11.6 Å². The van der Waals surface area contributed by atoms with Gasteiger partial charge in [-0.1, -0.05) is 11.6 Å². The molecule has 0 spiro atoms. The Kier molecular flexibility index (Phi) is 6.07. The first-order valence-electron chi connectivity index (χ1n) is 6.05.